The summed E-state index contributed by atoms with van der Waals surface area (Å²) in [6.07, 6.45) is 16.0. The van der Waals surface area contributed by atoms with Crippen LogP contribution < -0.4 is 0 Å². The van der Waals surface area contributed by atoms with Crippen LogP contribution >= 0.6 is 0 Å². The molecule has 2 heteroatoms. The summed E-state index contributed by atoms with van der Waals surface area (Å²) in [7, 11) is 0. The van der Waals surface area contributed by atoms with E-state index in [9.17, 15) is 5.11 Å². The highest BCUT2D eigenvalue weighted by Gasteiger charge is 2.84. The standard InChI is InChI=1S/C27H44O2/c1-18(2)7-6-8-19(3)22-9-10-23-24(22,4)15-16-27-25(5)13-12-21(28)17-20(25)11-14-26(23,27)29-27/h11,18-19,21-23,28H,6-10,12-17H2,1-5H3/t19-,21?,22-,23-,24-,25+,26?,27?/m1/s1. The minimum Gasteiger partial charge on any atom is -0.393 e. The SMILES string of the molecule is CC(C)CCC[C@@H](C)[C@H]1CC[C@H]2C34CC=C5CC(O)CC[C@]5(C)C3(CC[C@]12C)O4. The molecule has 1 N–H and O–H groups in total. The van der Waals surface area contributed by atoms with Crippen LogP contribution in [0.15, 0.2) is 11.6 Å². The van der Waals surface area contributed by atoms with E-state index in [1.165, 1.54) is 50.5 Å². The molecule has 8 atom stereocenters. The molecule has 0 bridgehead atoms. The van der Waals surface area contributed by atoms with Crippen molar-refractivity contribution < 1.29 is 9.84 Å². The van der Waals surface area contributed by atoms with Gasteiger partial charge in [0.05, 0.1) is 6.10 Å². The van der Waals surface area contributed by atoms with E-state index in [0.29, 0.717) is 5.41 Å². The third-order valence-electron chi connectivity index (χ3n) is 10.8. The second kappa shape index (κ2) is 6.58. The van der Waals surface area contributed by atoms with Crippen molar-refractivity contribution >= 4 is 0 Å². The van der Waals surface area contributed by atoms with Gasteiger partial charge in [-0.25, -0.2) is 0 Å². The van der Waals surface area contributed by atoms with Gasteiger partial charge in [0.15, 0.2) is 0 Å². The van der Waals surface area contributed by atoms with Crippen LogP contribution in [0.25, 0.3) is 0 Å². The van der Waals surface area contributed by atoms with Crippen LogP contribution in [0.3, 0.4) is 0 Å². The largest absolute Gasteiger partial charge is 0.393 e. The topological polar surface area (TPSA) is 32.8 Å². The Bertz CT molecular complexity index is 697. The molecule has 2 nitrogen and oxygen atoms in total. The number of rotatable bonds is 5. The Balaban J connectivity index is 1.38. The van der Waals surface area contributed by atoms with Crippen LogP contribution in [0.2, 0.25) is 0 Å². The zero-order chi connectivity index (χ0) is 20.7. The molecule has 29 heavy (non-hydrogen) atoms. The number of aliphatic hydroxyl groups is 1. The second-order valence-electron chi connectivity index (χ2n) is 12.5. The lowest BCUT2D eigenvalue weighted by molar-refractivity contribution is 0.00199. The van der Waals surface area contributed by atoms with E-state index >= 15 is 0 Å². The molecule has 1 aliphatic heterocycles. The van der Waals surface area contributed by atoms with Crippen molar-refractivity contribution in [2.75, 3.05) is 0 Å². The normalized spacial score (nSPS) is 51.6. The van der Waals surface area contributed by atoms with Crippen molar-refractivity contribution in [3.05, 3.63) is 11.6 Å². The third kappa shape index (κ3) is 2.60. The predicted molar refractivity (Wildman–Crippen MR) is 119 cm³/mol. The fraction of sp³-hybridized carbons (Fsp3) is 0.926. The molecule has 3 unspecified atom stereocenters. The number of epoxide rings is 1. The fourth-order valence-electron chi connectivity index (χ4n) is 9.17. The lowest BCUT2D eigenvalue weighted by Gasteiger charge is -2.54. The maximum atomic E-state index is 10.3. The molecule has 164 valence electrons. The molecule has 0 aromatic carbocycles. The Morgan fingerprint density at radius 3 is 2.62 bits per heavy atom. The number of fused-ring (bicyclic) bond motifs is 2. The van der Waals surface area contributed by atoms with E-state index in [1.54, 1.807) is 0 Å². The van der Waals surface area contributed by atoms with E-state index in [0.717, 1.165) is 49.4 Å². The number of hydrogen-bond donors (Lipinski definition) is 1. The van der Waals surface area contributed by atoms with E-state index < -0.39 is 0 Å². The lowest BCUT2D eigenvalue weighted by Crippen LogP contribution is -2.56. The molecule has 4 fully saturated rings. The van der Waals surface area contributed by atoms with Crippen molar-refractivity contribution in [2.45, 2.75) is 123 Å². The van der Waals surface area contributed by atoms with Crippen LogP contribution in [0.5, 0.6) is 0 Å². The Morgan fingerprint density at radius 1 is 1.07 bits per heavy atom. The third-order valence-corrected chi connectivity index (χ3v) is 10.8. The van der Waals surface area contributed by atoms with Crippen molar-refractivity contribution in [3.8, 4) is 0 Å². The Morgan fingerprint density at radius 2 is 1.86 bits per heavy atom. The van der Waals surface area contributed by atoms with E-state index in [4.69, 9.17) is 4.74 Å². The fourth-order valence-corrected chi connectivity index (χ4v) is 9.17. The summed E-state index contributed by atoms with van der Waals surface area (Å²) in [4.78, 5) is 0. The quantitative estimate of drug-likeness (QED) is 0.413. The maximum absolute atomic E-state index is 10.3. The van der Waals surface area contributed by atoms with Gasteiger partial charge in [0, 0.05) is 5.41 Å². The molecular formula is C27H44O2. The molecule has 0 aromatic rings. The van der Waals surface area contributed by atoms with E-state index in [1.807, 2.05) is 0 Å². The molecule has 5 aliphatic rings. The molecule has 5 rings (SSSR count). The number of aliphatic hydroxyl groups excluding tert-OH is 1. The van der Waals surface area contributed by atoms with Gasteiger partial charge in [-0.1, -0.05) is 65.5 Å². The van der Waals surface area contributed by atoms with Gasteiger partial charge >= 0.3 is 0 Å². The van der Waals surface area contributed by atoms with Gasteiger partial charge in [-0.3, -0.25) is 0 Å². The van der Waals surface area contributed by atoms with Crippen LogP contribution in [0.4, 0.5) is 0 Å². The van der Waals surface area contributed by atoms with Crippen LogP contribution in [-0.2, 0) is 4.74 Å². The summed E-state index contributed by atoms with van der Waals surface area (Å²) in [6.45, 7) is 12.4. The van der Waals surface area contributed by atoms with Gasteiger partial charge in [-0.05, 0) is 80.5 Å². The number of ether oxygens (including phenoxy) is 1. The summed E-state index contributed by atoms with van der Waals surface area (Å²) < 4.78 is 7.01. The van der Waals surface area contributed by atoms with Gasteiger partial charge in [-0.15, -0.1) is 0 Å². The van der Waals surface area contributed by atoms with Gasteiger partial charge in [0.2, 0.25) is 0 Å². The van der Waals surface area contributed by atoms with Crippen LogP contribution in [-0.4, -0.2) is 22.4 Å². The summed E-state index contributed by atoms with van der Waals surface area (Å²) in [5.41, 5.74) is 2.36. The average Bonchev–Trinajstić information content (AvgIpc) is 3.24. The lowest BCUT2D eigenvalue weighted by atomic mass is 9.47. The van der Waals surface area contributed by atoms with Gasteiger partial charge in [0.25, 0.3) is 0 Å². The highest BCUT2D eigenvalue weighted by atomic mass is 16.6. The monoisotopic (exact) mass is 400 g/mol. The predicted octanol–water partition coefficient (Wildman–Crippen LogP) is 6.66. The zero-order valence-electron chi connectivity index (χ0n) is 19.6. The summed E-state index contributed by atoms with van der Waals surface area (Å²) >= 11 is 0. The van der Waals surface area contributed by atoms with Crippen molar-refractivity contribution in [1.29, 1.82) is 0 Å². The highest BCUT2D eigenvalue weighted by molar-refractivity contribution is 5.42. The first-order valence-electron chi connectivity index (χ1n) is 12.8. The van der Waals surface area contributed by atoms with Gasteiger partial charge in [0.1, 0.15) is 11.2 Å². The maximum Gasteiger partial charge on any atom is 0.108 e. The molecule has 1 heterocycles. The number of hydrogen-bond acceptors (Lipinski definition) is 2. The first-order valence-corrected chi connectivity index (χ1v) is 12.8. The molecule has 4 aliphatic carbocycles. The zero-order valence-corrected chi connectivity index (χ0v) is 19.6. The Hall–Kier alpha value is -0.340. The molecule has 0 spiro atoms. The summed E-state index contributed by atoms with van der Waals surface area (Å²) in [5, 5.41) is 10.3. The van der Waals surface area contributed by atoms with E-state index in [-0.39, 0.29) is 22.7 Å². The first-order chi connectivity index (χ1) is 13.7. The van der Waals surface area contributed by atoms with Crippen LogP contribution in [0, 0.1) is 34.5 Å². The second-order valence-corrected chi connectivity index (χ2v) is 12.5. The van der Waals surface area contributed by atoms with E-state index in [2.05, 4.69) is 40.7 Å². The molecule has 0 amide bonds. The van der Waals surface area contributed by atoms with Crippen molar-refractivity contribution in [3.63, 3.8) is 0 Å². The minimum atomic E-state index is -0.131. The molecular weight excluding hydrogens is 356 g/mol. The summed E-state index contributed by atoms with van der Waals surface area (Å²) in [5.74, 6) is 3.30. The molecule has 1 saturated heterocycles. The molecule has 0 aromatic heterocycles. The average molecular weight is 401 g/mol. The highest BCUT2D eigenvalue weighted by Crippen LogP contribution is 2.80. The van der Waals surface area contributed by atoms with Gasteiger partial charge in [-0.2, -0.15) is 0 Å². The van der Waals surface area contributed by atoms with Crippen molar-refractivity contribution in [2.24, 2.45) is 34.5 Å². The van der Waals surface area contributed by atoms with Crippen molar-refractivity contribution in [1.82, 2.24) is 0 Å². The van der Waals surface area contributed by atoms with Crippen LogP contribution in [0.1, 0.15) is 105 Å². The summed E-state index contributed by atoms with van der Waals surface area (Å²) in [6, 6.07) is 0. The Kier molecular flexibility index (Phi) is 4.66. The molecule has 0 radical (unpaired) electrons. The van der Waals surface area contributed by atoms with Gasteiger partial charge < -0.3 is 9.84 Å². The molecule has 3 saturated carbocycles. The first kappa shape index (κ1) is 20.6. The Labute approximate surface area is 178 Å². The smallest absolute Gasteiger partial charge is 0.108 e. The minimum absolute atomic E-state index is 0.0875.